The lowest BCUT2D eigenvalue weighted by molar-refractivity contribution is -0.230. The van der Waals surface area contributed by atoms with Gasteiger partial charge in [0.2, 0.25) is 18.1 Å². The van der Waals surface area contributed by atoms with E-state index in [0.29, 0.717) is 47.6 Å². The number of methoxy groups -OCH3 is 1. The number of halogens is 1. The summed E-state index contributed by atoms with van der Waals surface area (Å²) in [4.78, 5) is 29.2. The van der Waals surface area contributed by atoms with Gasteiger partial charge in [0.1, 0.15) is 12.4 Å². The summed E-state index contributed by atoms with van der Waals surface area (Å²) in [6.07, 6.45) is 1.57. The molecule has 0 unspecified atom stereocenters. The summed E-state index contributed by atoms with van der Waals surface area (Å²) in [5, 5.41) is 14.4. The van der Waals surface area contributed by atoms with Crippen LogP contribution in [-0.2, 0) is 19.0 Å². The normalized spacial score (nSPS) is 19.2. The summed E-state index contributed by atoms with van der Waals surface area (Å²) in [5.41, 5.74) is 1.41. The van der Waals surface area contributed by atoms with E-state index in [1.54, 1.807) is 38.4 Å². The van der Waals surface area contributed by atoms with Crippen molar-refractivity contribution in [2.75, 3.05) is 45.3 Å². The number of carbonyl (C=O) groups excluding carboxylic acids is 1. The predicted molar refractivity (Wildman–Crippen MR) is 131 cm³/mol. The van der Waals surface area contributed by atoms with Gasteiger partial charge in [-0.25, -0.2) is 19.3 Å². The van der Waals surface area contributed by atoms with Gasteiger partial charge in [0, 0.05) is 32.0 Å². The van der Waals surface area contributed by atoms with Crippen molar-refractivity contribution >= 4 is 11.9 Å². The summed E-state index contributed by atoms with van der Waals surface area (Å²) >= 11 is 0. The van der Waals surface area contributed by atoms with Gasteiger partial charge in [0.15, 0.2) is 5.82 Å². The number of imidazole rings is 1. The minimum Gasteiger partial charge on any atom is -0.385 e. The Morgan fingerprint density at radius 3 is 2.73 bits per heavy atom. The van der Waals surface area contributed by atoms with Crippen molar-refractivity contribution in [3.8, 4) is 28.7 Å². The number of hydrogen-bond donors (Lipinski definition) is 3. The number of hydrogen-bond acceptors (Lipinski definition) is 9. The fourth-order valence-corrected chi connectivity index (χ4v) is 3.74. The first-order valence-electron chi connectivity index (χ1n) is 11.7. The van der Waals surface area contributed by atoms with Gasteiger partial charge in [-0.05, 0) is 43.7 Å². The molecule has 194 valence electrons. The highest BCUT2D eigenvalue weighted by Crippen LogP contribution is 2.35. The number of nitriles is 1. The molecule has 37 heavy (non-hydrogen) atoms. The summed E-state index contributed by atoms with van der Waals surface area (Å²) in [5.74, 6) is 0.130. The monoisotopic (exact) mass is 509 g/mol. The maximum atomic E-state index is 13.6. The Labute approximate surface area is 213 Å². The van der Waals surface area contributed by atoms with Crippen LogP contribution in [0.2, 0.25) is 0 Å². The van der Waals surface area contributed by atoms with Gasteiger partial charge in [-0.15, -0.1) is 0 Å². The van der Waals surface area contributed by atoms with Gasteiger partial charge in [0.25, 0.3) is 0 Å². The molecule has 0 spiro atoms. The van der Waals surface area contributed by atoms with Crippen LogP contribution in [0, 0.1) is 22.6 Å². The number of amides is 1. The lowest BCUT2D eigenvalue weighted by Gasteiger charge is -2.35. The molecule has 1 aromatic carbocycles. The lowest BCUT2D eigenvalue weighted by atomic mass is 9.91. The quantitative estimate of drug-likeness (QED) is 0.277. The molecule has 0 aliphatic carbocycles. The topological polar surface area (TPSA) is 147 Å². The Morgan fingerprint density at radius 2 is 2.03 bits per heavy atom. The second kappa shape index (κ2) is 11.9. The van der Waals surface area contributed by atoms with Crippen molar-refractivity contribution in [3.05, 3.63) is 48.2 Å². The highest BCUT2D eigenvalue weighted by Gasteiger charge is 2.40. The standard InChI is InChI=1S/C25H28FN7O4/c1-25(23(34)28-12-9-27)14-36-22(37-15-25)21-32-19(16-4-6-17(26)7-5-16)20(33-21)18-8-11-30-24(31-18)29-10-3-13-35-2/h4-8,11,22H,3,10,12-15H2,1-2H3,(H,28,34)(H,32,33)(H,29,30,31). The summed E-state index contributed by atoms with van der Waals surface area (Å²) in [6.45, 7) is 3.00. The number of anilines is 1. The highest BCUT2D eigenvalue weighted by molar-refractivity contribution is 5.83. The van der Waals surface area contributed by atoms with E-state index >= 15 is 0 Å². The van der Waals surface area contributed by atoms with Gasteiger partial charge in [0.05, 0.1) is 41.8 Å². The molecule has 3 aromatic rings. The van der Waals surface area contributed by atoms with Crippen LogP contribution in [0.15, 0.2) is 36.5 Å². The van der Waals surface area contributed by atoms with Crippen molar-refractivity contribution in [3.63, 3.8) is 0 Å². The SMILES string of the molecule is COCCCNc1nccc(-c2[nH]c(C3OCC(C)(C(=O)NCC#N)CO3)nc2-c2ccc(F)cc2)n1. The number of aromatic nitrogens is 4. The number of ether oxygens (including phenoxy) is 3. The minimum atomic E-state index is -0.946. The third-order valence-corrected chi connectivity index (χ3v) is 5.77. The van der Waals surface area contributed by atoms with Crippen molar-refractivity contribution in [1.82, 2.24) is 25.3 Å². The molecular weight excluding hydrogens is 481 g/mol. The second-order valence-corrected chi connectivity index (χ2v) is 8.75. The van der Waals surface area contributed by atoms with Gasteiger partial charge in [-0.3, -0.25) is 4.79 Å². The molecule has 0 radical (unpaired) electrons. The molecular formula is C25H28FN7O4. The predicted octanol–water partition coefficient (Wildman–Crippen LogP) is 2.81. The van der Waals surface area contributed by atoms with Crippen LogP contribution in [-0.4, -0.2) is 65.9 Å². The van der Waals surface area contributed by atoms with Gasteiger partial charge in [-0.1, -0.05) is 0 Å². The van der Waals surface area contributed by atoms with E-state index in [1.165, 1.54) is 12.1 Å². The first kappa shape index (κ1) is 26.2. The van der Waals surface area contributed by atoms with E-state index in [4.69, 9.17) is 24.5 Å². The lowest BCUT2D eigenvalue weighted by Crippen LogP contribution is -2.48. The van der Waals surface area contributed by atoms with Gasteiger partial charge in [-0.2, -0.15) is 5.26 Å². The molecule has 0 saturated carbocycles. The molecule has 11 nitrogen and oxygen atoms in total. The number of carbonyl (C=O) groups is 1. The Balaban J connectivity index is 1.59. The third kappa shape index (κ3) is 6.26. The van der Waals surface area contributed by atoms with Crippen molar-refractivity contribution < 1.29 is 23.4 Å². The molecule has 1 fully saturated rings. The van der Waals surface area contributed by atoms with E-state index in [0.717, 1.165) is 6.42 Å². The van der Waals surface area contributed by atoms with E-state index < -0.39 is 11.7 Å². The summed E-state index contributed by atoms with van der Waals surface area (Å²) < 4.78 is 30.4. The van der Waals surface area contributed by atoms with Crippen molar-refractivity contribution in [2.24, 2.45) is 5.41 Å². The van der Waals surface area contributed by atoms with Crippen molar-refractivity contribution in [1.29, 1.82) is 5.26 Å². The number of benzene rings is 1. The number of nitrogens with zero attached hydrogens (tertiary/aromatic N) is 4. The average Bonchev–Trinajstić information content (AvgIpc) is 3.36. The third-order valence-electron chi connectivity index (χ3n) is 5.77. The first-order valence-corrected chi connectivity index (χ1v) is 11.7. The first-order chi connectivity index (χ1) is 17.9. The minimum absolute atomic E-state index is 0.0693. The Hall–Kier alpha value is -3.92. The average molecular weight is 510 g/mol. The van der Waals surface area contributed by atoms with Crippen LogP contribution < -0.4 is 10.6 Å². The van der Waals surface area contributed by atoms with Crippen LogP contribution in [0.1, 0.15) is 25.5 Å². The maximum Gasteiger partial charge on any atom is 0.231 e. The Bertz CT molecular complexity index is 1250. The molecule has 1 aliphatic heterocycles. The number of aromatic amines is 1. The zero-order chi connectivity index (χ0) is 26.3. The van der Waals surface area contributed by atoms with E-state index in [9.17, 15) is 9.18 Å². The van der Waals surface area contributed by atoms with Gasteiger partial charge < -0.3 is 29.8 Å². The largest absolute Gasteiger partial charge is 0.385 e. The molecule has 0 atom stereocenters. The molecule has 1 aliphatic rings. The highest BCUT2D eigenvalue weighted by atomic mass is 19.1. The maximum absolute atomic E-state index is 13.6. The van der Waals surface area contributed by atoms with Crippen LogP contribution in [0.5, 0.6) is 0 Å². The van der Waals surface area contributed by atoms with E-state index in [-0.39, 0.29) is 31.5 Å². The molecule has 2 aromatic heterocycles. The molecule has 1 saturated heterocycles. The molecule has 0 bridgehead atoms. The number of H-pyrrole nitrogens is 1. The molecule has 12 heteroatoms. The van der Waals surface area contributed by atoms with Gasteiger partial charge >= 0.3 is 0 Å². The Morgan fingerprint density at radius 1 is 1.27 bits per heavy atom. The molecule has 3 N–H and O–H groups in total. The zero-order valence-corrected chi connectivity index (χ0v) is 20.6. The number of nitrogens with one attached hydrogen (secondary N) is 3. The smallest absolute Gasteiger partial charge is 0.231 e. The fraction of sp³-hybridized carbons (Fsp3) is 0.400. The van der Waals surface area contributed by atoms with Crippen LogP contribution in [0.4, 0.5) is 10.3 Å². The van der Waals surface area contributed by atoms with Crippen LogP contribution in [0.25, 0.3) is 22.6 Å². The van der Waals surface area contributed by atoms with Crippen molar-refractivity contribution in [2.45, 2.75) is 19.6 Å². The number of rotatable bonds is 10. The van der Waals surface area contributed by atoms with Crippen LogP contribution >= 0.6 is 0 Å². The van der Waals surface area contributed by atoms with E-state index in [2.05, 4.69) is 25.6 Å². The van der Waals surface area contributed by atoms with Crippen LogP contribution in [0.3, 0.4) is 0 Å². The Kier molecular flexibility index (Phi) is 8.39. The van der Waals surface area contributed by atoms with E-state index in [1.807, 2.05) is 6.07 Å². The molecule has 3 heterocycles. The molecule has 1 amide bonds. The summed E-state index contributed by atoms with van der Waals surface area (Å²) in [6, 6.07) is 9.59. The summed E-state index contributed by atoms with van der Waals surface area (Å²) in [7, 11) is 1.65. The molecule has 4 rings (SSSR count). The second-order valence-electron chi connectivity index (χ2n) is 8.75. The fourth-order valence-electron chi connectivity index (χ4n) is 3.74. The zero-order valence-electron chi connectivity index (χ0n) is 20.6.